The Morgan fingerprint density at radius 3 is 2.74 bits per heavy atom. The van der Waals surface area contributed by atoms with Crippen LogP contribution in [0.3, 0.4) is 0 Å². The molecule has 3 fully saturated rings. The van der Waals surface area contributed by atoms with E-state index in [1.165, 1.54) is 0 Å². The van der Waals surface area contributed by atoms with Crippen LogP contribution in [0.2, 0.25) is 0 Å². The molecule has 0 radical (unpaired) electrons. The minimum atomic E-state index is -0.597. The van der Waals surface area contributed by atoms with E-state index in [0.717, 1.165) is 49.8 Å². The van der Waals surface area contributed by atoms with Gasteiger partial charge in [-0.3, -0.25) is 19.7 Å². The van der Waals surface area contributed by atoms with Crippen molar-refractivity contribution in [3.05, 3.63) is 29.3 Å². The fourth-order valence-corrected chi connectivity index (χ4v) is 6.05. The number of benzene rings is 1. The summed E-state index contributed by atoms with van der Waals surface area (Å²) in [6.07, 6.45) is 7.75. The molecule has 0 bridgehead atoms. The summed E-state index contributed by atoms with van der Waals surface area (Å²) in [5.41, 5.74) is 1.49. The number of methoxy groups -OCH3 is 1. The molecule has 1 aromatic carbocycles. The normalized spacial score (nSPS) is 31.8. The first-order valence-corrected chi connectivity index (χ1v) is 12.7. The zero-order valence-corrected chi connectivity index (χ0v) is 20.0. The average molecular weight is 470 g/mol. The van der Waals surface area contributed by atoms with Crippen molar-refractivity contribution < 1.29 is 23.9 Å². The lowest BCUT2D eigenvalue weighted by Gasteiger charge is -2.41. The zero-order chi connectivity index (χ0) is 23.8. The molecule has 1 aromatic rings. The summed E-state index contributed by atoms with van der Waals surface area (Å²) < 4.78 is 11.9. The Morgan fingerprint density at radius 1 is 1.18 bits per heavy atom. The highest BCUT2D eigenvalue weighted by Crippen LogP contribution is 2.36. The highest BCUT2D eigenvalue weighted by atomic mass is 16.5. The van der Waals surface area contributed by atoms with Gasteiger partial charge in [0.1, 0.15) is 17.9 Å². The summed E-state index contributed by atoms with van der Waals surface area (Å²) in [6.45, 7) is 2.61. The zero-order valence-electron chi connectivity index (χ0n) is 20.0. The number of amides is 3. The van der Waals surface area contributed by atoms with Gasteiger partial charge in [-0.1, -0.05) is 6.92 Å². The van der Waals surface area contributed by atoms with Crippen LogP contribution in [0.25, 0.3) is 0 Å². The minimum absolute atomic E-state index is 0.105. The third-order valence-corrected chi connectivity index (χ3v) is 8.14. The van der Waals surface area contributed by atoms with Crippen molar-refractivity contribution in [3.8, 4) is 5.75 Å². The molecule has 34 heavy (non-hydrogen) atoms. The van der Waals surface area contributed by atoms with Crippen LogP contribution in [0.1, 0.15) is 74.2 Å². The Kier molecular flexibility index (Phi) is 6.62. The second-order valence-corrected chi connectivity index (χ2v) is 10.2. The van der Waals surface area contributed by atoms with Gasteiger partial charge in [-0.25, -0.2) is 0 Å². The third-order valence-electron chi connectivity index (χ3n) is 8.14. The summed E-state index contributed by atoms with van der Waals surface area (Å²) in [5.74, 6) is 0.619. The van der Waals surface area contributed by atoms with Crippen LogP contribution in [-0.2, 0) is 20.9 Å². The lowest BCUT2D eigenvalue weighted by molar-refractivity contribution is -0.136. The van der Waals surface area contributed by atoms with E-state index >= 15 is 0 Å². The molecule has 3 amide bonds. The van der Waals surface area contributed by atoms with Crippen LogP contribution < -0.4 is 15.4 Å². The third kappa shape index (κ3) is 4.45. The van der Waals surface area contributed by atoms with Crippen LogP contribution in [-0.4, -0.2) is 60.1 Å². The number of carbonyl (C=O) groups is 3. The van der Waals surface area contributed by atoms with Crippen LogP contribution >= 0.6 is 0 Å². The van der Waals surface area contributed by atoms with Gasteiger partial charge < -0.3 is 19.7 Å². The molecule has 184 valence electrons. The molecule has 2 heterocycles. The van der Waals surface area contributed by atoms with E-state index in [-0.39, 0.29) is 30.2 Å². The number of piperidine rings is 1. The Hall–Kier alpha value is -2.45. The lowest BCUT2D eigenvalue weighted by atomic mass is 9.76. The van der Waals surface area contributed by atoms with Gasteiger partial charge in [0.15, 0.2) is 0 Å². The fraction of sp³-hybridized carbons (Fsp3) is 0.654. The van der Waals surface area contributed by atoms with Crippen molar-refractivity contribution in [1.82, 2.24) is 15.5 Å². The number of rotatable bonds is 8. The van der Waals surface area contributed by atoms with Gasteiger partial charge >= 0.3 is 0 Å². The molecule has 4 aliphatic rings. The van der Waals surface area contributed by atoms with Crippen LogP contribution in [0.15, 0.2) is 18.2 Å². The minimum Gasteiger partial charge on any atom is -0.489 e. The molecule has 2 saturated carbocycles. The number of fused-ring (bicyclic) bond motifs is 1. The summed E-state index contributed by atoms with van der Waals surface area (Å²) in [7, 11) is 1.80. The molecule has 8 heteroatoms. The summed E-state index contributed by atoms with van der Waals surface area (Å²) in [5, 5.41) is 6.24. The molecule has 2 aliphatic carbocycles. The number of ether oxygens (including phenoxy) is 2. The monoisotopic (exact) mass is 469 g/mol. The first-order valence-electron chi connectivity index (χ1n) is 12.7. The Balaban J connectivity index is 1.22. The molecule has 4 atom stereocenters. The first kappa shape index (κ1) is 23.3. The summed E-state index contributed by atoms with van der Waals surface area (Å²) in [6, 6.07) is 5.83. The van der Waals surface area contributed by atoms with E-state index in [1.54, 1.807) is 12.0 Å². The smallest absolute Gasteiger partial charge is 0.255 e. The topological polar surface area (TPSA) is 97.0 Å². The predicted molar refractivity (Wildman–Crippen MR) is 125 cm³/mol. The number of nitrogens with zero attached hydrogens (tertiary/aromatic N) is 1. The van der Waals surface area contributed by atoms with Gasteiger partial charge in [-0.15, -0.1) is 0 Å². The van der Waals surface area contributed by atoms with Crippen molar-refractivity contribution in [3.63, 3.8) is 0 Å². The average Bonchev–Trinajstić information content (AvgIpc) is 3.36. The Bertz CT molecular complexity index is 960. The van der Waals surface area contributed by atoms with Crippen molar-refractivity contribution in [2.75, 3.05) is 7.11 Å². The van der Waals surface area contributed by atoms with Crippen LogP contribution in [0.4, 0.5) is 0 Å². The second kappa shape index (κ2) is 9.66. The maximum absolute atomic E-state index is 12.9. The van der Waals surface area contributed by atoms with Gasteiger partial charge in [-0.05, 0) is 74.6 Å². The van der Waals surface area contributed by atoms with Crippen molar-refractivity contribution >= 4 is 17.7 Å². The van der Waals surface area contributed by atoms with E-state index < -0.39 is 6.04 Å². The second-order valence-electron chi connectivity index (χ2n) is 10.2. The molecular formula is C26H35N3O5. The van der Waals surface area contributed by atoms with Gasteiger partial charge in [0.25, 0.3) is 5.91 Å². The number of hydrogen-bond donors (Lipinski definition) is 2. The van der Waals surface area contributed by atoms with Crippen molar-refractivity contribution in [2.24, 2.45) is 5.92 Å². The maximum atomic E-state index is 12.9. The number of imide groups is 1. The van der Waals surface area contributed by atoms with Crippen molar-refractivity contribution in [2.45, 2.75) is 95.2 Å². The Labute approximate surface area is 200 Å². The molecule has 0 aromatic heterocycles. The SMILES string of the molecule is CCC(N[C@@H]1CCC[C@@H]1Oc1ccc2c(c1)CN(C1CCC(=O)NC1=O)C2=O)C1CC(OC)C1. The molecular weight excluding hydrogens is 434 g/mol. The predicted octanol–water partition coefficient (Wildman–Crippen LogP) is 2.54. The Morgan fingerprint density at radius 2 is 2.00 bits per heavy atom. The molecule has 2 N–H and O–H groups in total. The maximum Gasteiger partial charge on any atom is 0.255 e. The van der Waals surface area contributed by atoms with E-state index in [9.17, 15) is 14.4 Å². The van der Waals surface area contributed by atoms with E-state index in [4.69, 9.17) is 9.47 Å². The molecule has 2 aliphatic heterocycles. The molecule has 2 unspecified atom stereocenters. The number of carbonyl (C=O) groups excluding carboxylic acids is 3. The number of nitrogens with one attached hydrogen (secondary N) is 2. The quantitative estimate of drug-likeness (QED) is 0.568. The van der Waals surface area contributed by atoms with E-state index in [0.29, 0.717) is 42.6 Å². The largest absolute Gasteiger partial charge is 0.489 e. The molecule has 5 rings (SSSR count). The van der Waals surface area contributed by atoms with Gasteiger partial charge in [0.05, 0.1) is 6.10 Å². The van der Waals surface area contributed by atoms with E-state index in [2.05, 4.69) is 17.6 Å². The molecule has 8 nitrogen and oxygen atoms in total. The molecule has 0 spiro atoms. The highest BCUT2D eigenvalue weighted by molar-refractivity contribution is 6.05. The molecule has 1 saturated heterocycles. The highest BCUT2D eigenvalue weighted by Gasteiger charge is 2.40. The first-order chi connectivity index (χ1) is 16.5. The lowest BCUT2D eigenvalue weighted by Crippen LogP contribution is -2.52. The summed E-state index contributed by atoms with van der Waals surface area (Å²) >= 11 is 0. The summed E-state index contributed by atoms with van der Waals surface area (Å²) in [4.78, 5) is 38.3. The van der Waals surface area contributed by atoms with Crippen molar-refractivity contribution in [1.29, 1.82) is 0 Å². The van der Waals surface area contributed by atoms with Gasteiger partial charge in [0.2, 0.25) is 11.8 Å². The fourth-order valence-electron chi connectivity index (χ4n) is 6.05. The van der Waals surface area contributed by atoms with Gasteiger partial charge in [0, 0.05) is 37.7 Å². The van der Waals surface area contributed by atoms with Crippen LogP contribution in [0.5, 0.6) is 5.75 Å². The van der Waals surface area contributed by atoms with Gasteiger partial charge in [-0.2, -0.15) is 0 Å². The van der Waals surface area contributed by atoms with Crippen LogP contribution in [0, 0.1) is 5.92 Å². The van der Waals surface area contributed by atoms with E-state index in [1.807, 2.05) is 18.2 Å². The standard InChI is InChI=1S/C26H35N3O5/c1-3-20(15-11-18(12-15)33-2)27-21-5-4-6-23(21)34-17-7-8-19-16(13-17)14-29(26(19)32)22-9-10-24(30)28-25(22)31/h7-8,13,15,18,20-23,27H,3-6,9-12,14H2,1-2H3,(H,28,30,31)/t15?,18?,20?,21-,22?,23+/m1/s1. The number of hydrogen-bond acceptors (Lipinski definition) is 6.